The van der Waals surface area contributed by atoms with E-state index in [-0.39, 0.29) is 18.0 Å². The van der Waals surface area contributed by atoms with Gasteiger partial charge in [-0.3, -0.25) is 9.59 Å². The van der Waals surface area contributed by atoms with Gasteiger partial charge >= 0.3 is 0 Å². The van der Waals surface area contributed by atoms with E-state index >= 15 is 0 Å². The van der Waals surface area contributed by atoms with E-state index in [2.05, 4.69) is 15.4 Å². The summed E-state index contributed by atoms with van der Waals surface area (Å²) < 4.78 is 1.25. The SMILES string of the molecule is Cc1ccccc1C(=O)NCc1cc(=O)n2nc(-c3ccccc3Cl)sc2n1. The van der Waals surface area contributed by atoms with Crippen LogP contribution in [0.15, 0.2) is 59.4 Å². The number of fused-ring (bicyclic) bond motifs is 1. The van der Waals surface area contributed by atoms with Gasteiger partial charge in [-0.05, 0) is 24.6 Å². The molecule has 1 N–H and O–H groups in total. The third kappa shape index (κ3) is 3.54. The molecule has 0 bridgehead atoms. The van der Waals surface area contributed by atoms with Crippen LogP contribution in [0.25, 0.3) is 15.5 Å². The van der Waals surface area contributed by atoms with E-state index in [0.29, 0.717) is 26.2 Å². The highest BCUT2D eigenvalue weighted by atomic mass is 35.5. The monoisotopic (exact) mass is 410 g/mol. The fourth-order valence-electron chi connectivity index (χ4n) is 2.78. The molecule has 28 heavy (non-hydrogen) atoms. The van der Waals surface area contributed by atoms with Crippen molar-refractivity contribution in [3.63, 3.8) is 0 Å². The number of benzene rings is 2. The largest absolute Gasteiger partial charge is 0.346 e. The van der Waals surface area contributed by atoms with Crippen molar-refractivity contribution in [1.29, 1.82) is 0 Å². The van der Waals surface area contributed by atoms with Crippen LogP contribution in [0.1, 0.15) is 21.6 Å². The first-order valence-corrected chi connectivity index (χ1v) is 9.71. The van der Waals surface area contributed by atoms with Crippen LogP contribution in [0.2, 0.25) is 5.02 Å². The lowest BCUT2D eigenvalue weighted by Gasteiger charge is -2.07. The molecular weight excluding hydrogens is 396 g/mol. The first-order chi connectivity index (χ1) is 13.5. The first kappa shape index (κ1) is 18.3. The molecule has 0 fully saturated rings. The summed E-state index contributed by atoms with van der Waals surface area (Å²) in [6.07, 6.45) is 0. The second-order valence-corrected chi connectivity index (χ2v) is 7.53. The van der Waals surface area contributed by atoms with Crippen LogP contribution >= 0.6 is 22.9 Å². The summed E-state index contributed by atoms with van der Waals surface area (Å²) in [5.74, 6) is -0.207. The Balaban J connectivity index is 1.61. The Labute approximate surface area is 169 Å². The zero-order valence-electron chi connectivity index (χ0n) is 14.8. The fourth-order valence-corrected chi connectivity index (χ4v) is 4.03. The molecule has 0 saturated carbocycles. The van der Waals surface area contributed by atoms with Crippen molar-refractivity contribution in [3.05, 3.63) is 86.8 Å². The standard InChI is InChI=1S/C20H15ClN4O2S/c1-12-6-2-3-7-14(12)18(27)22-11-13-10-17(26)25-20(23-13)28-19(24-25)15-8-4-5-9-16(15)21/h2-10H,11H2,1H3,(H,22,27). The van der Waals surface area contributed by atoms with E-state index in [1.54, 1.807) is 12.1 Å². The molecule has 4 rings (SSSR count). The second-order valence-electron chi connectivity index (χ2n) is 6.16. The quantitative estimate of drug-likeness (QED) is 0.556. The Bertz CT molecular complexity index is 1250. The number of aryl methyl sites for hydroxylation is 1. The number of amides is 1. The highest BCUT2D eigenvalue weighted by molar-refractivity contribution is 7.19. The van der Waals surface area contributed by atoms with Gasteiger partial charge in [-0.1, -0.05) is 59.3 Å². The molecule has 6 nitrogen and oxygen atoms in total. The van der Waals surface area contributed by atoms with Crippen molar-refractivity contribution < 1.29 is 4.79 Å². The van der Waals surface area contributed by atoms with Crippen molar-refractivity contribution in [3.8, 4) is 10.6 Å². The summed E-state index contributed by atoms with van der Waals surface area (Å²) in [6, 6.07) is 16.0. The van der Waals surface area contributed by atoms with Gasteiger partial charge in [0.1, 0.15) is 5.01 Å². The molecule has 4 aromatic rings. The molecular formula is C20H15ClN4O2S. The minimum Gasteiger partial charge on any atom is -0.346 e. The van der Waals surface area contributed by atoms with Gasteiger partial charge in [0, 0.05) is 17.2 Å². The molecule has 1 amide bonds. The van der Waals surface area contributed by atoms with Gasteiger partial charge in [-0.15, -0.1) is 0 Å². The Morgan fingerprint density at radius 1 is 1.18 bits per heavy atom. The van der Waals surface area contributed by atoms with Crippen molar-refractivity contribution in [1.82, 2.24) is 19.9 Å². The maximum Gasteiger partial charge on any atom is 0.275 e. The number of hydrogen-bond donors (Lipinski definition) is 1. The van der Waals surface area contributed by atoms with Crippen LogP contribution in [0.3, 0.4) is 0 Å². The third-order valence-electron chi connectivity index (χ3n) is 4.22. The summed E-state index contributed by atoms with van der Waals surface area (Å²) in [5, 5.41) is 8.30. The second kappa shape index (κ2) is 7.53. The summed E-state index contributed by atoms with van der Waals surface area (Å²) in [4.78, 5) is 29.7. The van der Waals surface area contributed by atoms with Crippen LogP contribution in [0, 0.1) is 6.92 Å². The van der Waals surface area contributed by atoms with Gasteiger partial charge in [0.15, 0.2) is 0 Å². The van der Waals surface area contributed by atoms with Gasteiger partial charge in [-0.2, -0.15) is 9.61 Å². The maximum atomic E-state index is 12.4. The minimum absolute atomic E-state index is 0.151. The molecule has 0 atom stereocenters. The van der Waals surface area contributed by atoms with Crippen molar-refractivity contribution in [2.75, 3.05) is 0 Å². The van der Waals surface area contributed by atoms with Crippen LogP contribution < -0.4 is 10.9 Å². The van der Waals surface area contributed by atoms with Gasteiger partial charge in [0.25, 0.3) is 11.5 Å². The molecule has 8 heteroatoms. The Morgan fingerprint density at radius 2 is 1.93 bits per heavy atom. The Hall–Kier alpha value is -3.03. The number of halogens is 1. The van der Waals surface area contributed by atoms with E-state index in [0.717, 1.165) is 11.1 Å². The lowest BCUT2D eigenvalue weighted by molar-refractivity contribution is 0.0950. The minimum atomic E-state index is -0.306. The van der Waals surface area contributed by atoms with Gasteiger partial charge < -0.3 is 5.32 Å². The summed E-state index contributed by atoms with van der Waals surface area (Å²) >= 11 is 7.49. The number of carbonyl (C=O) groups excluding carboxylic acids is 1. The molecule has 0 radical (unpaired) electrons. The van der Waals surface area contributed by atoms with Crippen LogP contribution in [-0.4, -0.2) is 20.5 Å². The summed E-state index contributed by atoms with van der Waals surface area (Å²) in [5.41, 5.74) is 2.39. The zero-order chi connectivity index (χ0) is 19.7. The van der Waals surface area contributed by atoms with E-state index < -0.39 is 0 Å². The predicted octanol–water partition coefficient (Wildman–Crippen LogP) is 3.71. The van der Waals surface area contributed by atoms with Crippen LogP contribution in [-0.2, 0) is 6.54 Å². The summed E-state index contributed by atoms with van der Waals surface area (Å²) in [6.45, 7) is 2.03. The lowest BCUT2D eigenvalue weighted by atomic mass is 10.1. The highest BCUT2D eigenvalue weighted by Crippen LogP contribution is 2.30. The number of carbonyl (C=O) groups is 1. The van der Waals surface area contributed by atoms with Gasteiger partial charge in [0.2, 0.25) is 4.96 Å². The van der Waals surface area contributed by atoms with Crippen molar-refractivity contribution in [2.45, 2.75) is 13.5 Å². The number of hydrogen-bond acceptors (Lipinski definition) is 5. The maximum absolute atomic E-state index is 12.4. The Morgan fingerprint density at radius 3 is 2.71 bits per heavy atom. The molecule has 0 spiro atoms. The average molecular weight is 411 g/mol. The van der Waals surface area contributed by atoms with E-state index in [1.165, 1.54) is 21.9 Å². The van der Waals surface area contributed by atoms with E-state index in [1.807, 2.05) is 43.3 Å². The molecule has 0 aliphatic rings. The smallest absolute Gasteiger partial charge is 0.275 e. The van der Waals surface area contributed by atoms with Crippen molar-refractivity contribution >= 4 is 33.8 Å². The normalized spacial score (nSPS) is 10.9. The molecule has 2 aromatic carbocycles. The topological polar surface area (TPSA) is 76.4 Å². The van der Waals surface area contributed by atoms with Crippen LogP contribution in [0.4, 0.5) is 0 Å². The highest BCUT2D eigenvalue weighted by Gasteiger charge is 2.14. The van der Waals surface area contributed by atoms with Gasteiger partial charge in [0.05, 0.1) is 17.3 Å². The van der Waals surface area contributed by atoms with Crippen LogP contribution in [0.5, 0.6) is 0 Å². The average Bonchev–Trinajstić information content (AvgIpc) is 3.11. The van der Waals surface area contributed by atoms with Crippen molar-refractivity contribution in [2.24, 2.45) is 0 Å². The molecule has 2 aromatic heterocycles. The summed E-state index contributed by atoms with van der Waals surface area (Å²) in [7, 11) is 0. The molecule has 2 heterocycles. The van der Waals surface area contributed by atoms with E-state index in [9.17, 15) is 9.59 Å². The number of nitrogens with zero attached hydrogens (tertiary/aromatic N) is 3. The van der Waals surface area contributed by atoms with E-state index in [4.69, 9.17) is 11.6 Å². The number of aromatic nitrogens is 3. The number of rotatable bonds is 4. The first-order valence-electron chi connectivity index (χ1n) is 8.51. The Kier molecular flexibility index (Phi) is 4.93. The molecule has 0 saturated heterocycles. The molecule has 0 aliphatic carbocycles. The third-order valence-corrected chi connectivity index (χ3v) is 5.49. The zero-order valence-corrected chi connectivity index (χ0v) is 16.4. The predicted molar refractivity (Wildman–Crippen MR) is 110 cm³/mol. The molecule has 0 unspecified atom stereocenters. The lowest BCUT2D eigenvalue weighted by Crippen LogP contribution is -2.25. The van der Waals surface area contributed by atoms with Gasteiger partial charge in [-0.25, -0.2) is 4.98 Å². The number of nitrogens with one attached hydrogen (secondary N) is 1. The molecule has 0 aliphatic heterocycles. The molecule has 140 valence electrons. The fraction of sp³-hybridized carbons (Fsp3) is 0.100.